The van der Waals surface area contributed by atoms with Crippen molar-refractivity contribution in [2.24, 2.45) is 0 Å². The van der Waals surface area contributed by atoms with E-state index in [1.165, 1.54) is 15.9 Å². The van der Waals surface area contributed by atoms with Gasteiger partial charge in [0.05, 0.1) is 5.60 Å². The number of carbonyl (C=O) groups excluding carboxylic acids is 1. The molecule has 0 aromatic heterocycles. The molecule has 21 heavy (non-hydrogen) atoms. The van der Waals surface area contributed by atoms with E-state index in [1.807, 2.05) is 0 Å². The van der Waals surface area contributed by atoms with Gasteiger partial charge in [0, 0.05) is 20.1 Å². The highest BCUT2D eigenvalue weighted by Gasteiger charge is 2.45. The molecule has 1 spiro atoms. The Bertz CT molecular complexity index is 418. The Morgan fingerprint density at radius 3 is 2.71 bits per heavy atom. The highest BCUT2D eigenvalue weighted by atomic mass is 16.6. The second-order valence-corrected chi connectivity index (χ2v) is 5.54. The fraction of sp³-hybridized carbons (Fsp3) is 0.714. The van der Waals surface area contributed by atoms with Crippen molar-refractivity contribution in [3.8, 4) is 0 Å². The zero-order valence-corrected chi connectivity index (χ0v) is 12.3. The van der Waals surface area contributed by atoms with Crippen LogP contribution < -0.4 is 0 Å². The summed E-state index contributed by atoms with van der Waals surface area (Å²) in [5.74, 6) is 0. The SMILES string of the molecule is C=CCOC(=O)N(C)C1CCC2(CCN(C(=O)O)CC2)O1. The average Bonchev–Trinajstić information content (AvgIpc) is 2.88. The van der Waals surface area contributed by atoms with E-state index in [2.05, 4.69) is 6.58 Å². The van der Waals surface area contributed by atoms with E-state index in [1.54, 1.807) is 7.05 Å². The van der Waals surface area contributed by atoms with Crippen LogP contribution in [-0.2, 0) is 9.47 Å². The normalized spacial score (nSPS) is 23.9. The summed E-state index contributed by atoms with van der Waals surface area (Å²) in [5.41, 5.74) is -0.302. The molecule has 0 aromatic carbocycles. The van der Waals surface area contributed by atoms with Crippen molar-refractivity contribution < 1.29 is 24.2 Å². The van der Waals surface area contributed by atoms with Gasteiger partial charge in [0.15, 0.2) is 0 Å². The van der Waals surface area contributed by atoms with Crippen LogP contribution in [0.5, 0.6) is 0 Å². The van der Waals surface area contributed by atoms with Crippen LogP contribution in [0, 0.1) is 0 Å². The van der Waals surface area contributed by atoms with Gasteiger partial charge in [0.25, 0.3) is 0 Å². The van der Waals surface area contributed by atoms with Gasteiger partial charge in [-0.25, -0.2) is 9.59 Å². The third kappa shape index (κ3) is 3.47. The quantitative estimate of drug-likeness (QED) is 0.805. The molecular formula is C14H22N2O5. The molecule has 1 unspecified atom stereocenters. The second-order valence-electron chi connectivity index (χ2n) is 5.54. The summed E-state index contributed by atoms with van der Waals surface area (Å²) in [6, 6.07) is 0. The molecule has 2 amide bonds. The van der Waals surface area contributed by atoms with Gasteiger partial charge in [-0.1, -0.05) is 12.7 Å². The summed E-state index contributed by atoms with van der Waals surface area (Å²) in [6.07, 6.45) is 2.82. The fourth-order valence-electron chi connectivity index (χ4n) is 2.89. The standard InChI is InChI=1S/C14H22N2O5/c1-3-10-20-13(19)15(2)11-4-5-14(21-11)6-8-16(9-7-14)12(17)18/h3,11H,1,4-10H2,2H3,(H,17,18). The van der Waals surface area contributed by atoms with Gasteiger partial charge in [0.2, 0.25) is 0 Å². The molecule has 0 bridgehead atoms. The molecule has 2 fully saturated rings. The molecule has 0 aliphatic carbocycles. The highest BCUT2D eigenvalue weighted by molar-refractivity contribution is 5.67. The lowest BCUT2D eigenvalue weighted by Crippen LogP contribution is -2.47. The van der Waals surface area contributed by atoms with Gasteiger partial charge in [-0.05, 0) is 25.7 Å². The number of ether oxygens (including phenoxy) is 2. The largest absolute Gasteiger partial charge is 0.465 e. The first kappa shape index (κ1) is 15.6. The molecule has 0 aromatic rings. The second kappa shape index (κ2) is 6.34. The summed E-state index contributed by atoms with van der Waals surface area (Å²) in [5, 5.41) is 8.97. The van der Waals surface area contributed by atoms with Crippen LogP contribution in [0.2, 0.25) is 0 Å². The molecule has 0 saturated carbocycles. The number of nitrogens with zero attached hydrogens (tertiary/aromatic N) is 2. The van der Waals surface area contributed by atoms with Crippen LogP contribution in [-0.4, -0.2) is 65.7 Å². The van der Waals surface area contributed by atoms with Crippen molar-refractivity contribution in [2.75, 3.05) is 26.7 Å². The van der Waals surface area contributed by atoms with Gasteiger partial charge >= 0.3 is 12.2 Å². The first-order valence-electron chi connectivity index (χ1n) is 7.13. The van der Waals surface area contributed by atoms with Crippen molar-refractivity contribution in [3.63, 3.8) is 0 Å². The minimum Gasteiger partial charge on any atom is -0.465 e. The number of carboxylic acid groups (broad SMARTS) is 1. The molecular weight excluding hydrogens is 276 g/mol. The molecule has 2 saturated heterocycles. The van der Waals surface area contributed by atoms with Crippen LogP contribution >= 0.6 is 0 Å². The third-order valence-corrected chi connectivity index (χ3v) is 4.22. The van der Waals surface area contributed by atoms with Gasteiger partial charge in [0.1, 0.15) is 12.8 Å². The lowest BCUT2D eigenvalue weighted by molar-refractivity contribution is -0.113. The minimum absolute atomic E-state index is 0.175. The lowest BCUT2D eigenvalue weighted by atomic mass is 9.89. The maximum absolute atomic E-state index is 11.8. The average molecular weight is 298 g/mol. The fourth-order valence-corrected chi connectivity index (χ4v) is 2.89. The number of carbonyl (C=O) groups is 2. The Balaban J connectivity index is 1.87. The van der Waals surface area contributed by atoms with Crippen molar-refractivity contribution in [3.05, 3.63) is 12.7 Å². The first-order chi connectivity index (χ1) is 9.97. The van der Waals surface area contributed by atoms with Gasteiger partial charge in [-0.15, -0.1) is 0 Å². The summed E-state index contributed by atoms with van der Waals surface area (Å²) in [4.78, 5) is 25.6. The van der Waals surface area contributed by atoms with Crippen LogP contribution in [0.15, 0.2) is 12.7 Å². The number of piperidine rings is 1. The van der Waals surface area contributed by atoms with E-state index in [0.29, 0.717) is 25.9 Å². The van der Waals surface area contributed by atoms with Gasteiger partial charge < -0.3 is 19.5 Å². The maximum Gasteiger partial charge on any atom is 0.411 e. The van der Waals surface area contributed by atoms with Crippen molar-refractivity contribution in [1.82, 2.24) is 9.80 Å². The summed E-state index contributed by atoms with van der Waals surface area (Å²) >= 11 is 0. The van der Waals surface area contributed by atoms with Crippen molar-refractivity contribution in [2.45, 2.75) is 37.5 Å². The van der Waals surface area contributed by atoms with Crippen LogP contribution in [0.1, 0.15) is 25.7 Å². The smallest absolute Gasteiger partial charge is 0.411 e. The Labute approximate surface area is 124 Å². The highest BCUT2D eigenvalue weighted by Crippen LogP contribution is 2.39. The molecule has 2 heterocycles. The first-order valence-corrected chi connectivity index (χ1v) is 7.13. The Morgan fingerprint density at radius 1 is 1.48 bits per heavy atom. The number of likely N-dealkylation sites (tertiary alicyclic amines) is 1. The predicted molar refractivity (Wildman–Crippen MR) is 75.0 cm³/mol. The van der Waals surface area contributed by atoms with Gasteiger partial charge in [-0.3, -0.25) is 4.90 Å². The Hall–Kier alpha value is -1.76. The van der Waals surface area contributed by atoms with Gasteiger partial charge in [-0.2, -0.15) is 0 Å². The number of amides is 2. The monoisotopic (exact) mass is 298 g/mol. The molecule has 2 aliphatic rings. The molecule has 118 valence electrons. The zero-order valence-electron chi connectivity index (χ0n) is 12.3. The molecule has 2 rings (SSSR count). The zero-order chi connectivity index (χ0) is 15.5. The van der Waals surface area contributed by atoms with E-state index in [9.17, 15) is 9.59 Å². The molecule has 0 radical (unpaired) electrons. The topological polar surface area (TPSA) is 79.3 Å². The maximum atomic E-state index is 11.8. The molecule has 7 heteroatoms. The minimum atomic E-state index is -0.885. The van der Waals surface area contributed by atoms with E-state index in [-0.39, 0.29) is 18.4 Å². The van der Waals surface area contributed by atoms with E-state index in [4.69, 9.17) is 14.6 Å². The van der Waals surface area contributed by atoms with E-state index < -0.39 is 12.2 Å². The molecule has 2 aliphatic heterocycles. The predicted octanol–water partition coefficient (Wildman–Crippen LogP) is 1.89. The summed E-state index contributed by atoms with van der Waals surface area (Å²) < 4.78 is 11.1. The number of hydrogen-bond acceptors (Lipinski definition) is 4. The Morgan fingerprint density at radius 2 is 2.14 bits per heavy atom. The van der Waals surface area contributed by atoms with Crippen molar-refractivity contribution >= 4 is 12.2 Å². The summed E-state index contributed by atoms with van der Waals surface area (Å²) in [7, 11) is 1.65. The van der Waals surface area contributed by atoms with Crippen molar-refractivity contribution in [1.29, 1.82) is 0 Å². The number of rotatable bonds is 3. The lowest BCUT2D eigenvalue weighted by Gasteiger charge is -2.38. The van der Waals surface area contributed by atoms with Crippen LogP contribution in [0.25, 0.3) is 0 Å². The van der Waals surface area contributed by atoms with Crippen LogP contribution in [0.3, 0.4) is 0 Å². The molecule has 1 N–H and O–H groups in total. The van der Waals surface area contributed by atoms with E-state index >= 15 is 0 Å². The van der Waals surface area contributed by atoms with E-state index in [0.717, 1.165) is 12.8 Å². The Kier molecular flexibility index (Phi) is 4.72. The third-order valence-electron chi connectivity index (χ3n) is 4.22. The number of hydrogen-bond donors (Lipinski definition) is 1. The van der Waals surface area contributed by atoms with Crippen LogP contribution in [0.4, 0.5) is 9.59 Å². The summed E-state index contributed by atoms with van der Waals surface area (Å²) in [6.45, 7) is 4.63. The molecule has 1 atom stereocenters. The molecule has 7 nitrogen and oxygen atoms in total.